The molecule has 144 valence electrons. The lowest BCUT2D eigenvalue weighted by Crippen LogP contribution is -2.31. The van der Waals surface area contributed by atoms with Crippen molar-refractivity contribution in [1.82, 2.24) is 5.32 Å². The van der Waals surface area contributed by atoms with E-state index < -0.39 is 0 Å². The summed E-state index contributed by atoms with van der Waals surface area (Å²) < 4.78 is 11.6. The fourth-order valence-electron chi connectivity index (χ4n) is 2.46. The van der Waals surface area contributed by atoms with E-state index in [1.54, 1.807) is 0 Å². The summed E-state index contributed by atoms with van der Waals surface area (Å²) in [6.07, 6.45) is 0.862. The second kappa shape index (κ2) is 12.0. The molecule has 0 aliphatic rings. The van der Waals surface area contributed by atoms with Gasteiger partial charge in [-0.25, -0.2) is 0 Å². The predicted octanol–water partition coefficient (Wildman–Crippen LogP) is 4.60. The Morgan fingerprint density at radius 2 is 1.81 bits per heavy atom. The maximum atomic E-state index is 9.29. The SMILES string of the molecule is CCOc1cc(CNC(CC)CO)cc(Cl)c1OCc1ccccc1.Cl. The van der Waals surface area contributed by atoms with E-state index in [4.69, 9.17) is 21.1 Å². The van der Waals surface area contributed by atoms with Gasteiger partial charge in [-0.2, -0.15) is 0 Å². The van der Waals surface area contributed by atoms with Crippen LogP contribution in [-0.4, -0.2) is 24.4 Å². The summed E-state index contributed by atoms with van der Waals surface area (Å²) >= 11 is 6.44. The zero-order valence-electron chi connectivity index (χ0n) is 15.2. The normalized spacial score (nSPS) is 11.5. The van der Waals surface area contributed by atoms with Crippen LogP contribution in [0.15, 0.2) is 42.5 Å². The van der Waals surface area contributed by atoms with Crippen molar-refractivity contribution >= 4 is 24.0 Å². The number of benzene rings is 2. The molecule has 26 heavy (non-hydrogen) atoms. The first-order valence-corrected chi connectivity index (χ1v) is 9.01. The maximum Gasteiger partial charge on any atom is 0.180 e. The van der Waals surface area contributed by atoms with Crippen LogP contribution in [0.2, 0.25) is 5.02 Å². The molecule has 0 spiro atoms. The number of ether oxygens (including phenoxy) is 2. The van der Waals surface area contributed by atoms with Gasteiger partial charge in [0.15, 0.2) is 11.5 Å². The fourth-order valence-corrected chi connectivity index (χ4v) is 2.74. The summed E-state index contributed by atoms with van der Waals surface area (Å²) in [5.74, 6) is 1.20. The van der Waals surface area contributed by atoms with Crippen molar-refractivity contribution in [3.63, 3.8) is 0 Å². The molecule has 0 aliphatic heterocycles. The Kier molecular flexibility index (Phi) is 10.4. The third-order valence-electron chi connectivity index (χ3n) is 3.90. The average Bonchev–Trinajstić information content (AvgIpc) is 2.63. The van der Waals surface area contributed by atoms with Crippen LogP contribution in [0.25, 0.3) is 0 Å². The van der Waals surface area contributed by atoms with Gasteiger partial charge in [-0.3, -0.25) is 0 Å². The van der Waals surface area contributed by atoms with Crippen LogP contribution in [0.4, 0.5) is 0 Å². The van der Waals surface area contributed by atoms with Crippen LogP contribution in [0.3, 0.4) is 0 Å². The Balaban J connectivity index is 0.00000338. The van der Waals surface area contributed by atoms with Crippen LogP contribution < -0.4 is 14.8 Å². The van der Waals surface area contributed by atoms with E-state index in [9.17, 15) is 5.11 Å². The number of aliphatic hydroxyl groups is 1. The monoisotopic (exact) mass is 399 g/mol. The van der Waals surface area contributed by atoms with Crippen LogP contribution in [0.1, 0.15) is 31.4 Å². The average molecular weight is 400 g/mol. The second-order valence-corrected chi connectivity index (χ2v) is 6.19. The molecule has 0 aromatic heterocycles. The van der Waals surface area contributed by atoms with Crippen molar-refractivity contribution in [1.29, 1.82) is 0 Å². The molecule has 4 nitrogen and oxygen atoms in total. The van der Waals surface area contributed by atoms with Crippen molar-refractivity contribution in [3.05, 3.63) is 58.6 Å². The van der Waals surface area contributed by atoms with E-state index in [0.29, 0.717) is 36.3 Å². The van der Waals surface area contributed by atoms with Crippen molar-refractivity contribution in [3.8, 4) is 11.5 Å². The highest BCUT2D eigenvalue weighted by Crippen LogP contribution is 2.37. The van der Waals surface area contributed by atoms with Gasteiger partial charge in [0.05, 0.1) is 18.2 Å². The molecular formula is C20H27Cl2NO3. The molecule has 0 aliphatic carbocycles. The van der Waals surface area contributed by atoms with E-state index in [0.717, 1.165) is 17.5 Å². The summed E-state index contributed by atoms with van der Waals surface area (Å²) in [6.45, 7) is 5.65. The molecule has 0 saturated carbocycles. The topological polar surface area (TPSA) is 50.7 Å². The molecular weight excluding hydrogens is 373 g/mol. The fraction of sp³-hybridized carbons (Fsp3) is 0.400. The van der Waals surface area contributed by atoms with Crippen molar-refractivity contribution in [2.45, 2.75) is 39.5 Å². The van der Waals surface area contributed by atoms with Gasteiger partial charge in [-0.1, -0.05) is 48.9 Å². The highest BCUT2D eigenvalue weighted by Gasteiger charge is 2.14. The minimum Gasteiger partial charge on any atom is -0.490 e. The molecule has 2 N–H and O–H groups in total. The molecule has 0 saturated heterocycles. The van der Waals surface area contributed by atoms with Crippen LogP contribution in [0, 0.1) is 0 Å². The van der Waals surface area contributed by atoms with E-state index in [1.165, 1.54) is 0 Å². The highest BCUT2D eigenvalue weighted by molar-refractivity contribution is 6.32. The lowest BCUT2D eigenvalue weighted by molar-refractivity contribution is 0.238. The molecule has 2 aromatic carbocycles. The van der Waals surface area contributed by atoms with E-state index in [-0.39, 0.29) is 25.1 Å². The molecule has 1 unspecified atom stereocenters. The number of nitrogens with one attached hydrogen (secondary N) is 1. The quantitative estimate of drug-likeness (QED) is 0.612. The molecule has 0 heterocycles. The van der Waals surface area contributed by atoms with Gasteiger partial charge < -0.3 is 19.9 Å². The third kappa shape index (κ3) is 6.69. The zero-order chi connectivity index (χ0) is 18.1. The van der Waals surface area contributed by atoms with Gasteiger partial charge in [-0.15, -0.1) is 12.4 Å². The third-order valence-corrected chi connectivity index (χ3v) is 4.18. The largest absolute Gasteiger partial charge is 0.490 e. The summed E-state index contributed by atoms with van der Waals surface area (Å²) in [7, 11) is 0. The summed E-state index contributed by atoms with van der Waals surface area (Å²) in [4.78, 5) is 0. The highest BCUT2D eigenvalue weighted by atomic mass is 35.5. The molecule has 2 aromatic rings. The van der Waals surface area contributed by atoms with E-state index in [2.05, 4.69) is 5.32 Å². The van der Waals surface area contributed by atoms with E-state index >= 15 is 0 Å². The van der Waals surface area contributed by atoms with E-state index in [1.807, 2.05) is 56.3 Å². The number of halogens is 2. The van der Waals surface area contributed by atoms with Crippen LogP contribution in [0.5, 0.6) is 11.5 Å². The zero-order valence-corrected chi connectivity index (χ0v) is 16.8. The predicted molar refractivity (Wildman–Crippen MR) is 109 cm³/mol. The maximum absolute atomic E-state index is 9.29. The van der Waals surface area contributed by atoms with Gasteiger partial charge in [0.1, 0.15) is 6.61 Å². The van der Waals surface area contributed by atoms with Crippen molar-refractivity contribution in [2.24, 2.45) is 0 Å². The first-order chi connectivity index (χ1) is 12.2. The summed E-state index contributed by atoms with van der Waals surface area (Å²) in [6, 6.07) is 13.8. The summed E-state index contributed by atoms with van der Waals surface area (Å²) in [5.41, 5.74) is 2.06. The lowest BCUT2D eigenvalue weighted by Gasteiger charge is -2.17. The lowest BCUT2D eigenvalue weighted by atomic mass is 10.1. The molecule has 1 atom stereocenters. The Morgan fingerprint density at radius 3 is 2.42 bits per heavy atom. The van der Waals surface area contributed by atoms with Crippen LogP contribution >= 0.6 is 24.0 Å². The smallest absolute Gasteiger partial charge is 0.180 e. The molecule has 0 amide bonds. The van der Waals surface area contributed by atoms with Crippen LogP contribution in [-0.2, 0) is 13.2 Å². The van der Waals surface area contributed by atoms with Gasteiger partial charge in [0.25, 0.3) is 0 Å². The number of hydrogen-bond donors (Lipinski definition) is 2. The van der Waals surface area contributed by atoms with Crippen molar-refractivity contribution in [2.75, 3.05) is 13.2 Å². The van der Waals surface area contributed by atoms with Gasteiger partial charge in [0.2, 0.25) is 0 Å². The Hall–Kier alpha value is -1.46. The molecule has 6 heteroatoms. The minimum absolute atomic E-state index is 0. The standard InChI is InChI=1S/C20H26ClNO3.ClH/c1-3-17(13-23)22-12-16-10-18(21)20(19(11-16)24-4-2)25-14-15-8-6-5-7-9-15;/h5-11,17,22-23H,3-4,12-14H2,1-2H3;1H. The van der Waals surface area contributed by atoms with Gasteiger partial charge >= 0.3 is 0 Å². The molecule has 0 fully saturated rings. The van der Waals surface area contributed by atoms with Gasteiger partial charge in [-0.05, 0) is 36.6 Å². The number of hydrogen-bond acceptors (Lipinski definition) is 4. The summed E-state index contributed by atoms with van der Waals surface area (Å²) in [5, 5.41) is 13.1. The number of rotatable bonds is 10. The molecule has 2 rings (SSSR count). The molecule has 0 radical (unpaired) electrons. The molecule has 0 bridgehead atoms. The Bertz CT molecular complexity index is 649. The minimum atomic E-state index is 0. The second-order valence-electron chi connectivity index (χ2n) is 5.78. The number of aliphatic hydroxyl groups excluding tert-OH is 1. The Labute approximate surface area is 166 Å². The van der Waals surface area contributed by atoms with Crippen molar-refractivity contribution < 1.29 is 14.6 Å². The first-order valence-electron chi connectivity index (χ1n) is 8.64. The first kappa shape index (κ1) is 22.6. The Morgan fingerprint density at radius 1 is 1.08 bits per heavy atom. The van der Waals surface area contributed by atoms with Gasteiger partial charge in [0, 0.05) is 12.6 Å².